The smallest absolute Gasteiger partial charge is 0.254 e. The van der Waals surface area contributed by atoms with E-state index in [1.54, 1.807) is 30.5 Å². The summed E-state index contributed by atoms with van der Waals surface area (Å²) in [4.78, 5) is 41.1. The van der Waals surface area contributed by atoms with Crippen molar-refractivity contribution in [2.75, 3.05) is 33.8 Å². The van der Waals surface area contributed by atoms with Gasteiger partial charge in [-0.15, -0.1) is 0 Å². The number of benzene rings is 2. The van der Waals surface area contributed by atoms with Gasteiger partial charge in [-0.3, -0.25) is 19.3 Å². The molecule has 2 amide bonds. The number of nitrogens with one attached hydrogen (secondary N) is 1. The van der Waals surface area contributed by atoms with Crippen molar-refractivity contribution in [1.82, 2.24) is 15.1 Å². The van der Waals surface area contributed by atoms with E-state index in [0.29, 0.717) is 12.2 Å². The van der Waals surface area contributed by atoms with Crippen molar-refractivity contribution >= 4 is 17.6 Å². The first kappa shape index (κ1) is 28.8. The monoisotopic (exact) mass is 543 g/mol. The molecule has 0 bridgehead atoms. The first-order chi connectivity index (χ1) is 19.2. The van der Waals surface area contributed by atoms with Crippen LogP contribution >= 0.6 is 0 Å². The number of likely N-dealkylation sites (tertiary alicyclic amines) is 1. The number of ether oxygens (including phenoxy) is 1. The summed E-state index contributed by atoms with van der Waals surface area (Å²) in [5, 5.41) is 11.7. The first-order valence-electron chi connectivity index (χ1n) is 13.0. The number of ketones is 1. The van der Waals surface area contributed by atoms with Crippen LogP contribution in [-0.4, -0.2) is 77.9 Å². The highest BCUT2D eigenvalue weighted by Crippen LogP contribution is 2.20. The van der Waals surface area contributed by atoms with Crippen molar-refractivity contribution in [3.63, 3.8) is 0 Å². The van der Waals surface area contributed by atoms with Gasteiger partial charge in [-0.25, -0.2) is 0 Å². The molecule has 2 N–H and O–H groups in total. The lowest BCUT2D eigenvalue weighted by Crippen LogP contribution is -2.62. The molecule has 9 nitrogen and oxygen atoms in total. The molecule has 208 valence electrons. The predicted molar refractivity (Wildman–Crippen MR) is 148 cm³/mol. The van der Waals surface area contributed by atoms with Gasteiger partial charge >= 0.3 is 0 Å². The van der Waals surface area contributed by atoms with Crippen LogP contribution in [0.3, 0.4) is 0 Å². The minimum absolute atomic E-state index is 0.223. The molecule has 3 aromatic rings. The Kier molecular flexibility index (Phi) is 9.17. The number of furan rings is 1. The number of carbonyl (C=O) groups excluding carboxylic acids is 3. The first-order valence-corrected chi connectivity index (χ1v) is 13.0. The van der Waals surface area contributed by atoms with E-state index in [9.17, 15) is 19.5 Å². The van der Waals surface area contributed by atoms with E-state index in [1.807, 2.05) is 24.3 Å². The molecule has 2 heterocycles. The number of nitrogens with zero attached hydrogens (tertiary/aromatic N) is 2. The van der Waals surface area contributed by atoms with Gasteiger partial charge in [0.25, 0.3) is 11.8 Å². The zero-order chi connectivity index (χ0) is 28.7. The molecule has 40 heavy (non-hydrogen) atoms. The van der Waals surface area contributed by atoms with Crippen LogP contribution in [0.5, 0.6) is 0 Å². The second-order valence-corrected chi connectivity index (χ2v) is 9.83. The molecule has 0 radical (unpaired) electrons. The molecule has 4 rings (SSSR count). The third-order valence-corrected chi connectivity index (χ3v) is 7.14. The van der Waals surface area contributed by atoms with E-state index in [2.05, 4.69) is 34.2 Å². The van der Waals surface area contributed by atoms with Gasteiger partial charge in [-0.1, -0.05) is 24.0 Å². The van der Waals surface area contributed by atoms with Gasteiger partial charge in [-0.2, -0.15) is 0 Å². The van der Waals surface area contributed by atoms with Gasteiger partial charge in [0.15, 0.2) is 11.3 Å². The molecule has 1 saturated heterocycles. The summed E-state index contributed by atoms with van der Waals surface area (Å²) in [6, 6.07) is 18.5. The Bertz CT molecular complexity index is 1370. The number of Topliss-reactive ketones (excluding diaryl/α,β-unsaturated/α-hetero) is 1. The molecule has 0 saturated carbocycles. The lowest BCUT2D eigenvalue weighted by atomic mass is 9.92. The Balaban J connectivity index is 1.30. The molecule has 9 heteroatoms. The van der Waals surface area contributed by atoms with Crippen LogP contribution in [0.1, 0.15) is 39.7 Å². The fraction of sp³-hybridized carbons (Fsp3) is 0.323. The number of hydrogen-bond acceptors (Lipinski definition) is 7. The molecular weight excluding hydrogens is 510 g/mol. The third-order valence-electron chi connectivity index (χ3n) is 7.14. The largest absolute Gasteiger partial charge is 0.467 e. The highest BCUT2D eigenvalue weighted by Gasteiger charge is 2.46. The quantitative estimate of drug-likeness (QED) is 0.298. The summed E-state index contributed by atoms with van der Waals surface area (Å²) < 4.78 is 11.1. The molecule has 1 fully saturated rings. The zero-order valence-electron chi connectivity index (χ0n) is 22.8. The van der Waals surface area contributed by atoms with Gasteiger partial charge in [0.05, 0.1) is 12.4 Å². The van der Waals surface area contributed by atoms with Gasteiger partial charge in [0, 0.05) is 50.4 Å². The summed E-state index contributed by atoms with van der Waals surface area (Å²) in [6.45, 7) is 3.57. The van der Waals surface area contributed by atoms with Crippen molar-refractivity contribution in [3.05, 3.63) is 94.9 Å². The van der Waals surface area contributed by atoms with Crippen molar-refractivity contribution in [3.8, 4) is 11.8 Å². The molecule has 1 aliphatic rings. The van der Waals surface area contributed by atoms with E-state index in [0.717, 1.165) is 35.9 Å². The molecule has 0 unspecified atom stereocenters. The van der Waals surface area contributed by atoms with Crippen LogP contribution in [0.15, 0.2) is 71.3 Å². The number of aliphatic hydroxyl groups is 1. The van der Waals surface area contributed by atoms with Gasteiger partial charge < -0.3 is 24.5 Å². The standard InChI is InChI=1S/C31H33N3O6/c1-31(28(36)20-35,30(38)32-2)33(3)29(37)25-14-12-23(13-15-25)7-6-22-8-10-24(11-9-22)17-34-18-27(19-34)40-21-26-5-4-16-39-26/h4-5,8-16,27,35H,17-21H2,1-3H3,(H,32,38)/t31-/m1/s1. The molecule has 1 atom stereocenters. The topological polar surface area (TPSA) is 112 Å². The van der Waals surface area contributed by atoms with E-state index in [4.69, 9.17) is 9.15 Å². The maximum absolute atomic E-state index is 13.0. The summed E-state index contributed by atoms with van der Waals surface area (Å²) in [6.07, 6.45) is 1.87. The second kappa shape index (κ2) is 12.7. The molecule has 1 aliphatic heterocycles. The minimum Gasteiger partial charge on any atom is -0.467 e. The van der Waals surface area contributed by atoms with Crippen LogP contribution in [0.2, 0.25) is 0 Å². The maximum Gasteiger partial charge on any atom is 0.254 e. The molecule has 0 spiro atoms. The van der Waals surface area contributed by atoms with Crippen LogP contribution in [-0.2, 0) is 27.5 Å². The second-order valence-electron chi connectivity index (χ2n) is 9.83. The summed E-state index contributed by atoms with van der Waals surface area (Å²) in [5.74, 6) is 5.08. The lowest BCUT2D eigenvalue weighted by Gasteiger charge is -2.38. The van der Waals surface area contributed by atoms with Gasteiger partial charge in [0.1, 0.15) is 19.0 Å². The van der Waals surface area contributed by atoms with E-state index >= 15 is 0 Å². The normalized spacial score (nSPS) is 14.8. The molecule has 2 aromatic carbocycles. The summed E-state index contributed by atoms with van der Waals surface area (Å²) >= 11 is 0. The number of hydrogen-bond donors (Lipinski definition) is 2. The van der Waals surface area contributed by atoms with Crippen molar-refractivity contribution in [2.24, 2.45) is 0 Å². The van der Waals surface area contributed by atoms with Crippen LogP contribution < -0.4 is 5.32 Å². The van der Waals surface area contributed by atoms with Crippen molar-refractivity contribution < 1.29 is 28.6 Å². The Morgan fingerprint density at radius 2 is 1.70 bits per heavy atom. The fourth-order valence-electron chi connectivity index (χ4n) is 4.40. The Morgan fingerprint density at radius 3 is 2.25 bits per heavy atom. The van der Waals surface area contributed by atoms with Crippen LogP contribution in [0.25, 0.3) is 0 Å². The highest BCUT2D eigenvalue weighted by atomic mass is 16.5. The average Bonchev–Trinajstić information content (AvgIpc) is 3.49. The molecule has 0 aliphatic carbocycles. The number of likely N-dealkylation sites (N-methyl/N-ethyl adjacent to an activating group) is 2. The Hall–Kier alpha value is -4.23. The highest BCUT2D eigenvalue weighted by molar-refractivity contribution is 6.14. The summed E-state index contributed by atoms with van der Waals surface area (Å²) in [7, 11) is 2.73. The SMILES string of the molecule is CNC(=O)[C@@](C)(C(=O)CO)N(C)C(=O)c1ccc(C#Cc2ccc(CN3CC(OCc4ccco4)C3)cc2)cc1. The maximum atomic E-state index is 13.0. The summed E-state index contributed by atoms with van der Waals surface area (Å²) in [5.41, 5.74) is 1.24. The number of amides is 2. The minimum atomic E-state index is -1.84. The Morgan fingerprint density at radius 1 is 1.07 bits per heavy atom. The third kappa shape index (κ3) is 6.49. The number of carbonyl (C=O) groups is 3. The Labute approximate surface area is 233 Å². The number of aliphatic hydroxyl groups excluding tert-OH is 1. The van der Waals surface area contributed by atoms with Gasteiger partial charge in [0.2, 0.25) is 0 Å². The van der Waals surface area contributed by atoms with Crippen LogP contribution in [0.4, 0.5) is 0 Å². The van der Waals surface area contributed by atoms with Crippen LogP contribution in [0, 0.1) is 11.8 Å². The lowest BCUT2D eigenvalue weighted by molar-refractivity contribution is -0.143. The van der Waals surface area contributed by atoms with E-state index < -0.39 is 29.7 Å². The molecular formula is C31H33N3O6. The fourth-order valence-corrected chi connectivity index (χ4v) is 4.40. The van der Waals surface area contributed by atoms with E-state index in [1.165, 1.54) is 26.6 Å². The zero-order valence-corrected chi connectivity index (χ0v) is 22.8. The van der Waals surface area contributed by atoms with Crippen molar-refractivity contribution in [2.45, 2.75) is 31.7 Å². The predicted octanol–water partition coefficient (Wildman–Crippen LogP) is 2.22. The van der Waals surface area contributed by atoms with Gasteiger partial charge in [-0.05, 0) is 61.0 Å². The average molecular weight is 544 g/mol. The van der Waals surface area contributed by atoms with E-state index in [-0.39, 0.29) is 11.7 Å². The van der Waals surface area contributed by atoms with Crippen molar-refractivity contribution in [1.29, 1.82) is 0 Å². The molecule has 1 aromatic heterocycles. The number of rotatable bonds is 10.